The molecule has 0 unspecified atom stereocenters. The Labute approximate surface area is 99.8 Å². The maximum atomic E-state index is 11.9. The molecule has 2 rings (SSSR count). The Morgan fingerprint density at radius 1 is 1.29 bits per heavy atom. The Bertz CT molecular complexity index is 352. The van der Waals surface area contributed by atoms with Crippen LogP contribution in [0.1, 0.15) is 19.8 Å². The number of carboxylic acid groups (broad SMARTS) is 1. The zero-order valence-electron chi connectivity index (χ0n) is 9.76. The number of hydrogen-bond donors (Lipinski definition) is 2. The van der Waals surface area contributed by atoms with Gasteiger partial charge < -0.3 is 15.2 Å². The summed E-state index contributed by atoms with van der Waals surface area (Å²) in [6.45, 7) is 2.63. The lowest BCUT2D eigenvalue weighted by molar-refractivity contribution is -0.146. The average molecular weight is 239 g/mol. The number of nitrogens with one attached hydrogen (secondary N) is 1. The number of unbranched alkanes of at least 4 members (excludes halogenated alkanes) is 1. The van der Waals surface area contributed by atoms with E-state index in [1.807, 2.05) is 6.92 Å². The minimum Gasteiger partial charge on any atom is -0.481 e. The third kappa shape index (κ3) is 2.20. The summed E-state index contributed by atoms with van der Waals surface area (Å²) in [4.78, 5) is 23.1. The van der Waals surface area contributed by atoms with Gasteiger partial charge in [-0.25, -0.2) is 0 Å². The molecule has 0 aromatic heterocycles. The van der Waals surface area contributed by atoms with Gasteiger partial charge in [0.1, 0.15) is 5.92 Å². The Hall–Kier alpha value is -1.36. The lowest BCUT2D eigenvalue weighted by atomic mass is 9.82. The number of carbonyl (C=O) groups excluding carboxylic acids is 1. The zero-order chi connectivity index (χ0) is 12.4. The second kappa shape index (κ2) is 4.87. The fourth-order valence-corrected chi connectivity index (χ4v) is 2.42. The van der Waals surface area contributed by atoms with Crippen molar-refractivity contribution < 1.29 is 19.4 Å². The normalized spacial score (nSPS) is 33.9. The van der Waals surface area contributed by atoms with Crippen molar-refractivity contribution >= 4 is 11.9 Å². The van der Waals surface area contributed by atoms with Crippen molar-refractivity contribution in [2.45, 2.75) is 32.0 Å². The SMILES string of the molecule is CCCCNC(=O)[C@@H]1[C@@H](C(=O)O)[C@@H]2C=C[C@H]1O2. The summed E-state index contributed by atoms with van der Waals surface area (Å²) in [6.07, 6.45) is 4.60. The lowest BCUT2D eigenvalue weighted by Crippen LogP contribution is -2.42. The van der Waals surface area contributed by atoms with E-state index < -0.39 is 23.9 Å². The van der Waals surface area contributed by atoms with E-state index in [4.69, 9.17) is 9.84 Å². The lowest BCUT2D eigenvalue weighted by Gasteiger charge is -2.20. The van der Waals surface area contributed by atoms with Crippen LogP contribution in [0.3, 0.4) is 0 Å². The number of amides is 1. The highest BCUT2D eigenvalue weighted by Gasteiger charge is 2.52. The van der Waals surface area contributed by atoms with E-state index >= 15 is 0 Å². The second-order valence-corrected chi connectivity index (χ2v) is 4.48. The molecule has 0 aliphatic carbocycles. The van der Waals surface area contributed by atoms with Gasteiger partial charge in [0.05, 0.1) is 18.1 Å². The van der Waals surface area contributed by atoms with Gasteiger partial charge in [-0.1, -0.05) is 25.5 Å². The van der Waals surface area contributed by atoms with Crippen LogP contribution >= 0.6 is 0 Å². The number of aliphatic carboxylic acids is 1. The zero-order valence-corrected chi connectivity index (χ0v) is 9.76. The molecule has 2 bridgehead atoms. The highest BCUT2D eigenvalue weighted by Crippen LogP contribution is 2.39. The monoisotopic (exact) mass is 239 g/mol. The van der Waals surface area contributed by atoms with Crippen LogP contribution in [0.2, 0.25) is 0 Å². The first-order chi connectivity index (χ1) is 8.15. The Morgan fingerprint density at radius 2 is 1.94 bits per heavy atom. The molecule has 0 aromatic rings. The molecule has 1 fully saturated rings. The van der Waals surface area contributed by atoms with Gasteiger partial charge in [0.15, 0.2) is 0 Å². The molecule has 0 spiro atoms. The van der Waals surface area contributed by atoms with Crippen LogP contribution in [0.25, 0.3) is 0 Å². The van der Waals surface area contributed by atoms with Gasteiger partial charge in [-0.3, -0.25) is 9.59 Å². The summed E-state index contributed by atoms with van der Waals surface area (Å²) in [5, 5.41) is 11.9. The predicted octanol–water partition coefficient (Wildman–Crippen LogP) is 0.557. The molecule has 4 atom stereocenters. The summed E-state index contributed by atoms with van der Waals surface area (Å²) < 4.78 is 5.43. The van der Waals surface area contributed by atoms with Crippen LogP contribution in [0.5, 0.6) is 0 Å². The van der Waals surface area contributed by atoms with Crippen molar-refractivity contribution in [3.8, 4) is 0 Å². The van der Waals surface area contributed by atoms with Crippen molar-refractivity contribution in [2.75, 3.05) is 6.54 Å². The molecular formula is C12H17NO4. The maximum Gasteiger partial charge on any atom is 0.310 e. The largest absolute Gasteiger partial charge is 0.481 e. The quantitative estimate of drug-likeness (QED) is 0.543. The topological polar surface area (TPSA) is 75.6 Å². The molecule has 1 saturated heterocycles. The van der Waals surface area contributed by atoms with Gasteiger partial charge in [0, 0.05) is 6.54 Å². The molecule has 0 aromatic carbocycles. The first kappa shape index (κ1) is 12.1. The van der Waals surface area contributed by atoms with E-state index in [0.717, 1.165) is 12.8 Å². The van der Waals surface area contributed by atoms with Crippen LogP contribution in [0.15, 0.2) is 12.2 Å². The highest BCUT2D eigenvalue weighted by atomic mass is 16.5. The summed E-state index contributed by atoms with van der Waals surface area (Å²) in [6, 6.07) is 0. The van der Waals surface area contributed by atoms with Crippen LogP contribution < -0.4 is 5.32 Å². The molecule has 1 amide bonds. The summed E-state index contributed by atoms with van der Waals surface area (Å²) in [7, 11) is 0. The standard InChI is InChI=1S/C12H17NO4/c1-2-3-6-13-11(14)9-7-4-5-8(17-7)10(9)12(15)16/h4-5,7-10H,2-3,6H2,1H3,(H,13,14)(H,15,16)/t7-,8+,9+,10+/m1/s1. The Balaban J connectivity index is 2.01. The molecule has 2 aliphatic rings. The number of fused-ring (bicyclic) bond motifs is 2. The molecule has 5 nitrogen and oxygen atoms in total. The molecular weight excluding hydrogens is 222 g/mol. The third-order valence-corrected chi connectivity index (χ3v) is 3.32. The van der Waals surface area contributed by atoms with Crippen molar-refractivity contribution in [1.82, 2.24) is 5.32 Å². The molecule has 2 N–H and O–H groups in total. The molecule has 0 saturated carbocycles. The van der Waals surface area contributed by atoms with Crippen molar-refractivity contribution in [2.24, 2.45) is 11.8 Å². The van der Waals surface area contributed by atoms with Gasteiger partial charge in [-0.05, 0) is 6.42 Å². The van der Waals surface area contributed by atoms with Gasteiger partial charge in [-0.15, -0.1) is 0 Å². The van der Waals surface area contributed by atoms with Gasteiger partial charge in [-0.2, -0.15) is 0 Å². The van der Waals surface area contributed by atoms with E-state index in [-0.39, 0.29) is 12.0 Å². The molecule has 2 aliphatic heterocycles. The Kier molecular flexibility index (Phi) is 3.47. The minimum absolute atomic E-state index is 0.206. The molecule has 2 heterocycles. The number of carboxylic acids is 1. The first-order valence-corrected chi connectivity index (χ1v) is 5.99. The van der Waals surface area contributed by atoms with Crippen molar-refractivity contribution in [3.05, 3.63) is 12.2 Å². The highest BCUT2D eigenvalue weighted by molar-refractivity contribution is 5.87. The third-order valence-electron chi connectivity index (χ3n) is 3.32. The number of ether oxygens (including phenoxy) is 1. The van der Waals surface area contributed by atoms with Crippen LogP contribution in [-0.2, 0) is 14.3 Å². The maximum absolute atomic E-state index is 11.9. The van der Waals surface area contributed by atoms with Crippen molar-refractivity contribution in [3.63, 3.8) is 0 Å². The van der Waals surface area contributed by atoms with Gasteiger partial charge >= 0.3 is 5.97 Å². The predicted molar refractivity (Wildman–Crippen MR) is 60.3 cm³/mol. The van der Waals surface area contributed by atoms with E-state index in [0.29, 0.717) is 6.54 Å². The van der Waals surface area contributed by atoms with Gasteiger partial charge in [0.25, 0.3) is 0 Å². The first-order valence-electron chi connectivity index (χ1n) is 5.99. The number of rotatable bonds is 5. The molecule has 5 heteroatoms. The van der Waals surface area contributed by atoms with E-state index in [1.165, 1.54) is 0 Å². The Morgan fingerprint density at radius 3 is 2.53 bits per heavy atom. The summed E-state index contributed by atoms with van der Waals surface area (Å²) in [5.41, 5.74) is 0. The second-order valence-electron chi connectivity index (χ2n) is 4.48. The van der Waals surface area contributed by atoms with Crippen LogP contribution in [0, 0.1) is 11.8 Å². The van der Waals surface area contributed by atoms with Crippen LogP contribution in [-0.4, -0.2) is 35.7 Å². The molecule has 0 radical (unpaired) electrons. The summed E-state index contributed by atoms with van der Waals surface area (Å²) >= 11 is 0. The van der Waals surface area contributed by atoms with Crippen LogP contribution in [0.4, 0.5) is 0 Å². The molecule has 94 valence electrons. The van der Waals surface area contributed by atoms with E-state index in [2.05, 4.69) is 5.32 Å². The molecule has 17 heavy (non-hydrogen) atoms. The summed E-state index contributed by atoms with van der Waals surface area (Å²) in [5.74, 6) is -2.49. The van der Waals surface area contributed by atoms with Gasteiger partial charge in [0.2, 0.25) is 5.91 Å². The fourth-order valence-electron chi connectivity index (χ4n) is 2.42. The number of carbonyl (C=O) groups is 2. The van der Waals surface area contributed by atoms with E-state index in [1.54, 1.807) is 12.2 Å². The number of hydrogen-bond acceptors (Lipinski definition) is 3. The average Bonchev–Trinajstić information content (AvgIpc) is 2.88. The van der Waals surface area contributed by atoms with Crippen molar-refractivity contribution in [1.29, 1.82) is 0 Å². The van der Waals surface area contributed by atoms with E-state index in [9.17, 15) is 9.59 Å². The smallest absolute Gasteiger partial charge is 0.310 e. The minimum atomic E-state index is -0.961. The fraction of sp³-hybridized carbons (Fsp3) is 0.667.